The Hall–Kier alpha value is -4.46. The number of rotatable bonds is 22. The smallest absolute Gasteiger partial charge is 0.343 e. The first-order valence-corrected chi connectivity index (χ1v) is 17.5. The molecular weight excluding hydrogens is 608 g/mol. The molecule has 0 aliphatic rings. The molecule has 0 heterocycles. The number of hydrogen-bond donors (Lipinski definition) is 0. The molecule has 0 amide bonds. The lowest BCUT2D eigenvalue weighted by molar-refractivity contribution is 0.0488. The zero-order valence-electron chi connectivity index (χ0n) is 28.5. The molecular formula is C40H50O8. The molecule has 0 N–H and O–H groups in total. The second kappa shape index (κ2) is 22.2. The first-order chi connectivity index (χ1) is 23.4. The van der Waals surface area contributed by atoms with E-state index >= 15 is 0 Å². The molecule has 0 saturated heterocycles. The van der Waals surface area contributed by atoms with Crippen LogP contribution in [0.2, 0.25) is 0 Å². The number of ether oxygens (including phenoxy) is 4. The van der Waals surface area contributed by atoms with Crippen molar-refractivity contribution >= 4 is 23.9 Å². The molecule has 3 aromatic rings. The lowest BCUT2D eigenvalue weighted by Crippen LogP contribution is -2.12. The maximum absolute atomic E-state index is 12.7. The Morgan fingerprint density at radius 1 is 0.375 bits per heavy atom. The molecule has 0 aliphatic carbocycles. The Labute approximate surface area is 285 Å². The summed E-state index contributed by atoms with van der Waals surface area (Å²) in [4.78, 5) is 49.9. The first-order valence-electron chi connectivity index (χ1n) is 17.5. The van der Waals surface area contributed by atoms with Gasteiger partial charge in [0.05, 0.1) is 35.5 Å². The van der Waals surface area contributed by atoms with Gasteiger partial charge in [-0.25, -0.2) is 19.2 Å². The van der Waals surface area contributed by atoms with Crippen LogP contribution in [-0.4, -0.2) is 37.1 Å². The molecule has 0 fully saturated rings. The molecule has 3 aromatic carbocycles. The van der Waals surface area contributed by atoms with Crippen molar-refractivity contribution < 1.29 is 38.1 Å². The van der Waals surface area contributed by atoms with E-state index in [4.69, 9.17) is 18.9 Å². The van der Waals surface area contributed by atoms with Gasteiger partial charge in [0.1, 0.15) is 11.5 Å². The summed E-state index contributed by atoms with van der Waals surface area (Å²) in [5.74, 6) is -1.49. The second-order valence-corrected chi connectivity index (χ2v) is 11.9. The van der Waals surface area contributed by atoms with Crippen LogP contribution in [0.15, 0.2) is 72.8 Å². The van der Waals surface area contributed by atoms with Gasteiger partial charge in [-0.15, -0.1) is 0 Å². The van der Waals surface area contributed by atoms with Gasteiger partial charge in [-0.1, -0.05) is 90.9 Å². The summed E-state index contributed by atoms with van der Waals surface area (Å²) in [6.45, 7) is 5.16. The van der Waals surface area contributed by atoms with E-state index in [-0.39, 0.29) is 22.6 Å². The molecule has 0 atom stereocenters. The van der Waals surface area contributed by atoms with Gasteiger partial charge in [0, 0.05) is 0 Å². The highest BCUT2D eigenvalue weighted by Gasteiger charge is 2.15. The van der Waals surface area contributed by atoms with Crippen LogP contribution < -0.4 is 9.47 Å². The minimum absolute atomic E-state index is 0.240. The standard InChI is InChI=1S/C40H50O8/c1-3-5-7-9-11-13-15-29-45-37(41)31-21-25-35(26-22-31)47-39(43)33-17-19-34(20-18-33)40(44)48-36-27-23-32(24-28-36)38(42)46-30-16-14-12-10-8-6-4-2/h17-28H,3-16,29-30H2,1-2H3. The van der Waals surface area contributed by atoms with Crippen LogP contribution in [0.4, 0.5) is 0 Å². The summed E-state index contributed by atoms with van der Waals surface area (Å²) in [5.41, 5.74) is 1.25. The molecule has 0 radical (unpaired) electrons. The van der Waals surface area contributed by atoms with Crippen LogP contribution in [0.25, 0.3) is 0 Å². The van der Waals surface area contributed by atoms with E-state index in [1.807, 2.05) is 0 Å². The molecule has 8 heteroatoms. The van der Waals surface area contributed by atoms with Crippen LogP contribution in [0.1, 0.15) is 145 Å². The van der Waals surface area contributed by atoms with Gasteiger partial charge < -0.3 is 18.9 Å². The van der Waals surface area contributed by atoms with Gasteiger partial charge in [-0.3, -0.25) is 0 Å². The summed E-state index contributed by atoms with van der Waals surface area (Å²) in [5, 5.41) is 0. The second-order valence-electron chi connectivity index (χ2n) is 11.9. The quantitative estimate of drug-likeness (QED) is 0.0597. The highest BCUT2D eigenvalue weighted by atomic mass is 16.5. The number of esters is 4. The van der Waals surface area contributed by atoms with Crippen molar-refractivity contribution in [1.82, 2.24) is 0 Å². The predicted molar refractivity (Wildman–Crippen MR) is 186 cm³/mol. The van der Waals surface area contributed by atoms with Gasteiger partial charge in [0.2, 0.25) is 0 Å². The van der Waals surface area contributed by atoms with E-state index in [0.29, 0.717) is 24.3 Å². The summed E-state index contributed by atoms with van der Waals surface area (Å²) in [7, 11) is 0. The van der Waals surface area contributed by atoms with Crippen LogP contribution in [0, 0.1) is 0 Å². The number of hydrogen-bond acceptors (Lipinski definition) is 8. The average Bonchev–Trinajstić information content (AvgIpc) is 3.11. The maximum Gasteiger partial charge on any atom is 0.343 e. The van der Waals surface area contributed by atoms with Crippen LogP contribution in [-0.2, 0) is 9.47 Å². The van der Waals surface area contributed by atoms with Crippen molar-refractivity contribution in [2.24, 2.45) is 0 Å². The molecule has 3 rings (SSSR count). The Balaban J connectivity index is 1.38. The fourth-order valence-corrected chi connectivity index (χ4v) is 5.01. The Kier molecular flexibility index (Phi) is 17.5. The molecule has 0 aromatic heterocycles. The SMILES string of the molecule is CCCCCCCCCOC(=O)c1ccc(OC(=O)c2ccc(C(=O)Oc3ccc(C(=O)OCCCCCCCCC)cc3)cc2)cc1. The minimum atomic E-state index is -0.612. The van der Waals surface area contributed by atoms with Crippen molar-refractivity contribution in [2.45, 2.75) is 104 Å². The van der Waals surface area contributed by atoms with Gasteiger partial charge in [-0.05, 0) is 85.6 Å². The predicted octanol–water partition coefficient (Wildman–Crippen LogP) is 9.94. The van der Waals surface area contributed by atoms with Crippen molar-refractivity contribution in [3.63, 3.8) is 0 Å². The van der Waals surface area contributed by atoms with Gasteiger partial charge in [0.15, 0.2) is 0 Å². The minimum Gasteiger partial charge on any atom is -0.462 e. The zero-order chi connectivity index (χ0) is 34.4. The van der Waals surface area contributed by atoms with Crippen molar-refractivity contribution in [1.29, 1.82) is 0 Å². The topological polar surface area (TPSA) is 105 Å². The van der Waals surface area contributed by atoms with Crippen LogP contribution in [0.3, 0.4) is 0 Å². The third-order valence-electron chi connectivity index (χ3n) is 7.92. The van der Waals surface area contributed by atoms with E-state index in [1.165, 1.54) is 99.9 Å². The molecule has 48 heavy (non-hydrogen) atoms. The van der Waals surface area contributed by atoms with Crippen molar-refractivity contribution in [2.75, 3.05) is 13.2 Å². The van der Waals surface area contributed by atoms with Crippen LogP contribution in [0.5, 0.6) is 11.5 Å². The van der Waals surface area contributed by atoms with Crippen LogP contribution >= 0.6 is 0 Å². The van der Waals surface area contributed by atoms with E-state index in [2.05, 4.69) is 13.8 Å². The molecule has 0 bridgehead atoms. The van der Waals surface area contributed by atoms with E-state index < -0.39 is 23.9 Å². The van der Waals surface area contributed by atoms with E-state index in [1.54, 1.807) is 24.3 Å². The lowest BCUT2D eigenvalue weighted by atomic mass is 10.1. The third-order valence-corrected chi connectivity index (χ3v) is 7.92. The Bertz CT molecular complexity index is 1290. The van der Waals surface area contributed by atoms with E-state index in [9.17, 15) is 19.2 Å². The summed E-state index contributed by atoms with van der Waals surface area (Å²) < 4.78 is 21.6. The number of carbonyl (C=O) groups is 4. The molecule has 0 saturated carbocycles. The van der Waals surface area contributed by atoms with E-state index in [0.717, 1.165) is 38.5 Å². The monoisotopic (exact) mass is 658 g/mol. The maximum atomic E-state index is 12.7. The van der Waals surface area contributed by atoms with Crippen molar-refractivity contribution in [3.8, 4) is 11.5 Å². The lowest BCUT2D eigenvalue weighted by Gasteiger charge is -2.08. The molecule has 0 aliphatic heterocycles. The van der Waals surface area contributed by atoms with Crippen molar-refractivity contribution in [3.05, 3.63) is 95.1 Å². The molecule has 258 valence electrons. The zero-order valence-corrected chi connectivity index (χ0v) is 28.5. The highest BCUT2D eigenvalue weighted by Crippen LogP contribution is 2.18. The van der Waals surface area contributed by atoms with Gasteiger partial charge in [-0.2, -0.15) is 0 Å². The summed E-state index contributed by atoms with van der Waals surface area (Å²) in [6.07, 6.45) is 16.0. The number of benzene rings is 3. The summed E-state index contributed by atoms with van der Waals surface area (Å²) in [6, 6.07) is 18.3. The molecule has 8 nitrogen and oxygen atoms in total. The largest absolute Gasteiger partial charge is 0.462 e. The first kappa shape index (κ1) is 38.0. The molecule has 0 unspecified atom stereocenters. The normalized spacial score (nSPS) is 10.7. The number of unbranched alkanes of at least 4 members (excludes halogenated alkanes) is 12. The Morgan fingerprint density at radius 2 is 0.646 bits per heavy atom. The number of carbonyl (C=O) groups excluding carboxylic acids is 4. The molecule has 0 spiro atoms. The third kappa shape index (κ3) is 14.1. The summed E-state index contributed by atoms with van der Waals surface area (Å²) >= 11 is 0. The highest BCUT2D eigenvalue weighted by molar-refractivity contribution is 5.95. The fraction of sp³-hybridized carbons (Fsp3) is 0.450. The van der Waals surface area contributed by atoms with Gasteiger partial charge >= 0.3 is 23.9 Å². The average molecular weight is 659 g/mol. The van der Waals surface area contributed by atoms with Gasteiger partial charge in [0.25, 0.3) is 0 Å². The Morgan fingerprint density at radius 3 is 0.979 bits per heavy atom. The fourth-order valence-electron chi connectivity index (χ4n) is 5.01.